The molecule has 0 aromatic heterocycles. The molecule has 2 heterocycles. The topological polar surface area (TPSA) is 79.0 Å². The summed E-state index contributed by atoms with van der Waals surface area (Å²) in [6.07, 6.45) is 1.92. The number of carbonyl (C=O) groups excluding carboxylic acids is 3. The van der Waals surface area contributed by atoms with Crippen LogP contribution in [0.5, 0.6) is 0 Å². The first-order valence-electron chi connectivity index (χ1n) is 6.18. The Kier molecular flexibility index (Phi) is 2.60. The lowest BCUT2D eigenvalue weighted by atomic mass is 9.66. The van der Waals surface area contributed by atoms with E-state index in [0.29, 0.717) is 39.1 Å². The van der Waals surface area contributed by atoms with Crippen molar-refractivity contribution in [3.63, 3.8) is 0 Å². The van der Waals surface area contributed by atoms with Gasteiger partial charge in [-0.2, -0.15) is 5.01 Å². The van der Waals surface area contributed by atoms with Crippen molar-refractivity contribution >= 4 is 17.8 Å². The third-order valence-corrected chi connectivity index (χ3v) is 3.93. The van der Waals surface area contributed by atoms with Gasteiger partial charge in [-0.3, -0.25) is 14.9 Å². The molecule has 18 heavy (non-hydrogen) atoms. The molecule has 1 spiro atoms. The van der Waals surface area contributed by atoms with Crippen molar-refractivity contribution in [3.05, 3.63) is 0 Å². The summed E-state index contributed by atoms with van der Waals surface area (Å²) in [6.45, 7) is 1.95. The van der Waals surface area contributed by atoms with Gasteiger partial charge in [0.15, 0.2) is 0 Å². The zero-order valence-electron chi connectivity index (χ0n) is 9.98. The molecular weight excluding hydrogens is 238 g/mol. The lowest BCUT2D eigenvalue weighted by molar-refractivity contribution is -0.173. The second-order valence-corrected chi connectivity index (χ2v) is 4.88. The molecule has 0 unspecified atom stereocenters. The Morgan fingerprint density at radius 1 is 1.11 bits per heavy atom. The van der Waals surface area contributed by atoms with Crippen LogP contribution in [-0.2, 0) is 14.3 Å². The molecule has 98 valence electrons. The molecule has 7 nitrogen and oxygen atoms in total. The van der Waals surface area contributed by atoms with E-state index in [4.69, 9.17) is 4.74 Å². The molecule has 0 radical (unpaired) electrons. The van der Waals surface area contributed by atoms with E-state index < -0.39 is 17.4 Å². The third-order valence-electron chi connectivity index (χ3n) is 3.93. The predicted octanol–water partition coefficient (Wildman–Crippen LogP) is -0.518. The first kappa shape index (κ1) is 11.6. The van der Waals surface area contributed by atoms with Gasteiger partial charge in [-0.15, -0.1) is 0 Å². The van der Waals surface area contributed by atoms with E-state index in [0.717, 1.165) is 11.4 Å². The normalized spacial score (nSPS) is 28.2. The molecule has 2 saturated heterocycles. The van der Waals surface area contributed by atoms with Gasteiger partial charge in [0.25, 0.3) is 5.91 Å². The predicted molar refractivity (Wildman–Crippen MR) is 59.1 cm³/mol. The number of rotatable bonds is 1. The number of nitrogens with one attached hydrogen (secondary N) is 1. The minimum absolute atomic E-state index is 0.371. The molecule has 3 fully saturated rings. The Morgan fingerprint density at radius 2 is 1.78 bits per heavy atom. The van der Waals surface area contributed by atoms with Crippen molar-refractivity contribution in [2.75, 3.05) is 26.3 Å². The number of ether oxygens (including phenoxy) is 1. The highest BCUT2D eigenvalue weighted by Gasteiger charge is 2.58. The van der Waals surface area contributed by atoms with Crippen LogP contribution < -0.4 is 5.32 Å². The summed E-state index contributed by atoms with van der Waals surface area (Å²) in [5.74, 6) is -0.808. The maximum Gasteiger partial charge on any atom is 0.345 e. The molecule has 0 aromatic rings. The van der Waals surface area contributed by atoms with Crippen LogP contribution in [0.25, 0.3) is 0 Å². The third kappa shape index (κ3) is 1.47. The number of amides is 4. The van der Waals surface area contributed by atoms with Crippen LogP contribution in [0.4, 0.5) is 4.79 Å². The first-order valence-corrected chi connectivity index (χ1v) is 6.18. The van der Waals surface area contributed by atoms with Crippen molar-refractivity contribution in [2.45, 2.75) is 19.3 Å². The van der Waals surface area contributed by atoms with Crippen molar-refractivity contribution in [1.82, 2.24) is 15.3 Å². The van der Waals surface area contributed by atoms with Crippen molar-refractivity contribution in [1.29, 1.82) is 0 Å². The molecule has 1 saturated carbocycles. The first-order chi connectivity index (χ1) is 8.65. The number of morpholine rings is 1. The van der Waals surface area contributed by atoms with Gasteiger partial charge < -0.3 is 4.74 Å². The summed E-state index contributed by atoms with van der Waals surface area (Å²) in [5.41, 5.74) is -0.994. The highest BCUT2D eigenvalue weighted by Crippen LogP contribution is 2.44. The van der Waals surface area contributed by atoms with E-state index in [2.05, 4.69) is 5.32 Å². The summed E-state index contributed by atoms with van der Waals surface area (Å²) in [4.78, 5) is 36.1. The summed E-state index contributed by atoms with van der Waals surface area (Å²) >= 11 is 0. The molecule has 2 aliphatic heterocycles. The zero-order chi connectivity index (χ0) is 12.8. The summed E-state index contributed by atoms with van der Waals surface area (Å²) < 4.78 is 5.20. The van der Waals surface area contributed by atoms with E-state index in [1.807, 2.05) is 0 Å². The molecular formula is C11H15N3O4. The summed E-state index contributed by atoms with van der Waals surface area (Å²) in [5, 5.41) is 5.06. The highest BCUT2D eigenvalue weighted by molar-refractivity contribution is 6.19. The fourth-order valence-electron chi connectivity index (χ4n) is 2.64. The minimum atomic E-state index is -0.994. The van der Waals surface area contributed by atoms with E-state index in [-0.39, 0.29) is 5.91 Å². The zero-order valence-corrected chi connectivity index (χ0v) is 9.98. The molecule has 4 amide bonds. The Morgan fingerprint density at radius 3 is 2.33 bits per heavy atom. The van der Waals surface area contributed by atoms with Crippen LogP contribution in [-0.4, -0.2) is 54.2 Å². The second-order valence-electron chi connectivity index (χ2n) is 4.88. The smallest absolute Gasteiger partial charge is 0.345 e. The molecule has 0 bridgehead atoms. The molecule has 3 aliphatic rings. The monoisotopic (exact) mass is 253 g/mol. The average molecular weight is 253 g/mol. The highest BCUT2D eigenvalue weighted by atomic mass is 16.5. The lowest BCUT2D eigenvalue weighted by Gasteiger charge is -2.47. The number of urea groups is 1. The maximum atomic E-state index is 12.4. The Bertz CT molecular complexity index is 413. The molecule has 7 heteroatoms. The molecule has 0 atom stereocenters. The lowest BCUT2D eigenvalue weighted by Crippen LogP contribution is -2.70. The number of carbonyl (C=O) groups is 3. The Labute approximate surface area is 104 Å². The molecule has 1 N–H and O–H groups in total. The summed E-state index contributed by atoms with van der Waals surface area (Å²) in [6, 6.07) is -0.635. The van der Waals surface area contributed by atoms with Crippen LogP contribution in [0.15, 0.2) is 0 Å². The van der Waals surface area contributed by atoms with Crippen LogP contribution in [0.3, 0.4) is 0 Å². The van der Waals surface area contributed by atoms with E-state index in [1.54, 1.807) is 5.01 Å². The molecule has 0 aromatic carbocycles. The quantitative estimate of drug-likeness (QED) is 0.636. The number of hydrogen-bond acceptors (Lipinski definition) is 5. The van der Waals surface area contributed by atoms with Gasteiger partial charge >= 0.3 is 6.03 Å². The second kappa shape index (κ2) is 4.03. The van der Waals surface area contributed by atoms with Crippen LogP contribution >= 0.6 is 0 Å². The standard InChI is InChI=1S/C11H15N3O4/c15-8-11(2-1-3-11)9(16)14(10(17)12-8)13-4-6-18-7-5-13/h1-7H2,(H,12,15,17). The number of imide groups is 2. The van der Waals surface area contributed by atoms with Gasteiger partial charge in [0.1, 0.15) is 5.41 Å². The number of nitrogens with zero attached hydrogens (tertiary/aromatic N) is 2. The van der Waals surface area contributed by atoms with Gasteiger partial charge in [-0.25, -0.2) is 9.80 Å². The van der Waals surface area contributed by atoms with Gasteiger partial charge in [-0.1, -0.05) is 6.42 Å². The fourth-order valence-corrected chi connectivity index (χ4v) is 2.64. The van der Waals surface area contributed by atoms with Gasteiger partial charge in [-0.05, 0) is 12.8 Å². The average Bonchev–Trinajstić information content (AvgIpc) is 2.28. The number of hydrogen-bond donors (Lipinski definition) is 1. The van der Waals surface area contributed by atoms with Crippen LogP contribution in [0, 0.1) is 5.41 Å². The molecule has 3 rings (SSSR count). The largest absolute Gasteiger partial charge is 0.379 e. The van der Waals surface area contributed by atoms with Gasteiger partial charge in [0.2, 0.25) is 5.91 Å². The summed E-state index contributed by atoms with van der Waals surface area (Å²) in [7, 11) is 0. The van der Waals surface area contributed by atoms with Crippen LogP contribution in [0.1, 0.15) is 19.3 Å². The van der Waals surface area contributed by atoms with E-state index in [9.17, 15) is 14.4 Å². The van der Waals surface area contributed by atoms with E-state index >= 15 is 0 Å². The maximum absolute atomic E-state index is 12.4. The van der Waals surface area contributed by atoms with Crippen molar-refractivity contribution < 1.29 is 19.1 Å². The van der Waals surface area contributed by atoms with E-state index in [1.165, 1.54) is 0 Å². The van der Waals surface area contributed by atoms with Crippen LogP contribution in [0.2, 0.25) is 0 Å². The minimum Gasteiger partial charge on any atom is -0.379 e. The van der Waals surface area contributed by atoms with Crippen molar-refractivity contribution in [2.24, 2.45) is 5.41 Å². The van der Waals surface area contributed by atoms with Crippen molar-refractivity contribution in [3.8, 4) is 0 Å². The van der Waals surface area contributed by atoms with Gasteiger partial charge in [0, 0.05) is 13.1 Å². The van der Waals surface area contributed by atoms with Gasteiger partial charge in [0.05, 0.1) is 13.2 Å². The fraction of sp³-hybridized carbons (Fsp3) is 0.727. The Balaban J connectivity index is 1.86. The Hall–Kier alpha value is -1.47. The number of hydrazine groups is 1. The molecule has 1 aliphatic carbocycles. The number of barbiturate groups is 1. The SMILES string of the molecule is O=C1NC(=O)C2(CCC2)C(=O)N1N1CCOCC1.